The molecule has 0 saturated carbocycles. The lowest BCUT2D eigenvalue weighted by Crippen LogP contribution is -2.41. The zero-order valence-electron chi connectivity index (χ0n) is 11.0. The first kappa shape index (κ1) is 15.0. The summed E-state index contributed by atoms with van der Waals surface area (Å²) in [6.45, 7) is 0. The van der Waals surface area contributed by atoms with Gasteiger partial charge in [-0.3, -0.25) is 5.32 Å². The van der Waals surface area contributed by atoms with E-state index < -0.39 is 5.54 Å². The summed E-state index contributed by atoms with van der Waals surface area (Å²) in [5.74, 6) is 0.583. The lowest BCUT2D eigenvalue weighted by molar-refractivity contribution is 0.528. The molecule has 1 unspecified atom stereocenters. The number of rotatable bonds is 5. The fourth-order valence-electron chi connectivity index (χ4n) is 1.83. The summed E-state index contributed by atoms with van der Waals surface area (Å²) in [4.78, 5) is 4.32. The third kappa shape index (κ3) is 3.21. The fourth-order valence-corrected chi connectivity index (χ4v) is 3.50. The van der Waals surface area contributed by atoms with Crippen LogP contribution < -0.4 is 5.32 Å². The highest BCUT2D eigenvalue weighted by Crippen LogP contribution is 2.31. The van der Waals surface area contributed by atoms with E-state index in [0.717, 1.165) is 15.1 Å². The number of nitriles is 1. The van der Waals surface area contributed by atoms with Gasteiger partial charge < -0.3 is 0 Å². The summed E-state index contributed by atoms with van der Waals surface area (Å²) in [5, 5.41) is 13.7. The maximum Gasteiger partial charge on any atom is 0.141 e. The van der Waals surface area contributed by atoms with Gasteiger partial charge in [0.15, 0.2) is 0 Å². The lowest BCUT2D eigenvalue weighted by atomic mass is 9.94. The van der Waals surface area contributed by atoms with Gasteiger partial charge in [-0.25, -0.2) is 4.98 Å². The molecule has 0 spiro atoms. The van der Waals surface area contributed by atoms with Gasteiger partial charge in [0, 0.05) is 16.4 Å². The van der Waals surface area contributed by atoms with E-state index in [-0.39, 0.29) is 0 Å². The highest BCUT2D eigenvalue weighted by Gasteiger charge is 2.30. The van der Waals surface area contributed by atoms with E-state index in [1.165, 1.54) is 0 Å². The molecule has 0 radical (unpaired) electrons. The van der Waals surface area contributed by atoms with Crippen LogP contribution in [0.3, 0.4) is 0 Å². The number of hydrogen-bond acceptors (Lipinski definition) is 4. The molecule has 0 bridgehead atoms. The number of nitrogens with one attached hydrogen (secondary N) is 1. The van der Waals surface area contributed by atoms with Crippen molar-refractivity contribution >= 4 is 27.7 Å². The molecule has 0 saturated heterocycles. The van der Waals surface area contributed by atoms with Crippen LogP contribution in [0.15, 0.2) is 58.2 Å². The molecule has 0 amide bonds. The number of aromatic nitrogens is 1. The number of hydrogen-bond donors (Lipinski definition) is 1. The van der Waals surface area contributed by atoms with Crippen LogP contribution in [0.2, 0.25) is 0 Å². The van der Waals surface area contributed by atoms with Crippen LogP contribution in [0, 0.1) is 11.3 Å². The second-order valence-electron chi connectivity index (χ2n) is 4.21. The average Bonchev–Trinajstić information content (AvgIpc) is 2.51. The number of nitrogens with zero attached hydrogens (tertiary/aromatic N) is 2. The van der Waals surface area contributed by atoms with Crippen LogP contribution in [0.4, 0.5) is 0 Å². The van der Waals surface area contributed by atoms with Crippen molar-refractivity contribution in [2.75, 3.05) is 12.8 Å². The van der Waals surface area contributed by atoms with Gasteiger partial charge in [0.05, 0.1) is 6.07 Å². The van der Waals surface area contributed by atoms with Crippen molar-refractivity contribution in [3.05, 3.63) is 58.7 Å². The van der Waals surface area contributed by atoms with Crippen LogP contribution >= 0.6 is 27.7 Å². The lowest BCUT2D eigenvalue weighted by Gasteiger charge is -2.26. The number of pyridine rings is 1. The minimum Gasteiger partial charge on any atom is -0.298 e. The van der Waals surface area contributed by atoms with Gasteiger partial charge in [0.25, 0.3) is 0 Å². The van der Waals surface area contributed by atoms with Gasteiger partial charge in [-0.1, -0.05) is 30.3 Å². The van der Waals surface area contributed by atoms with Crippen molar-refractivity contribution < 1.29 is 0 Å². The fraction of sp³-hybridized carbons (Fsp3) is 0.200. The van der Waals surface area contributed by atoms with Crippen LogP contribution in [0.1, 0.15) is 5.56 Å². The minimum absolute atomic E-state index is 0.583. The van der Waals surface area contributed by atoms with Gasteiger partial charge >= 0.3 is 0 Å². The highest BCUT2D eigenvalue weighted by atomic mass is 79.9. The van der Waals surface area contributed by atoms with Gasteiger partial charge in [-0.15, -0.1) is 11.8 Å². The maximum atomic E-state index is 9.62. The molecular formula is C15H14BrN3S. The quantitative estimate of drug-likeness (QED) is 0.840. The maximum absolute atomic E-state index is 9.62. The van der Waals surface area contributed by atoms with E-state index in [1.54, 1.807) is 18.0 Å². The van der Waals surface area contributed by atoms with Crippen molar-refractivity contribution in [2.45, 2.75) is 10.6 Å². The summed E-state index contributed by atoms with van der Waals surface area (Å²) in [6, 6.07) is 16.0. The first-order chi connectivity index (χ1) is 9.72. The molecule has 1 atom stereocenters. The number of thioether (sulfide) groups is 1. The Bertz CT molecular complexity index is 612. The summed E-state index contributed by atoms with van der Waals surface area (Å²) in [6.07, 6.45) is 1.75. The Balaban J connectivity index is 2.23. The summed E-state index contributed by atoms with van der Waals surface area (Å²) >= 11 is 5.03. The molecule has 0 aliphatic rings. The van der Waals surface area contributed by atoms with E-state index in [0.29, 0.717) is 5.75 Å². The minimum atomic E-state index is -0.719. The zero-order chi connectivity index (χ0) is 14.4. The average molecular weight is 348 g/mol. The van der Waals surface area contributed by atoms with Crippen molar-refractivity contribution in [2.24, 2.45) is 0 Å². The first-order valence-electron chi connectivity index (χ1n) is 6.11. The van der Waals surface area contributed by atoms with Crippen molar-refractivity contribution in [1.82, 2.24) is 10.3 Å². The molecular weight excluding hydrogens is 334 g/mol. The van der Waals surface area contributed by atoms with Crippen LogP contribution in [0.25, 0.3) is 0 Å². The first-order valence-corrected chi connectivity index (χ1v) is 7.89. The van der Waals surface area contributed by atoms with E-state index in [2.05, 4.69) is 32.3 Å². The van der Waals surface area contributed by atoms with Crippen molar-refractivity contribution in [3.63, 3.8) is 0 Å². The Morgan fingerprint density at radius 1 is 1.30 bits per heavy atom. The molecule has 1 heterocycles. The number of benzene rings is 1. The monoisotopic (exact) mass is 347 g/mol. The molecule has 0 aliphatic carbocycles. The van der Waals surface area contributed by atoms with Crippen molar-refractivity contribution in [1.29, 1.82) is 5.26 Å². The predicted molar refractivity (Wildman–Crippen MR) is 85.5 cm³/mol. The highest BCUT2D eigenvalue weighted by molar-refractivity contribution is 9.10. The van der Waals surface area contributed by atoms with Crippen molar-refractivity contribution in [3.8, 4) is 6.07 Å². The SMILES string of the molecule is CNC(C#N)(CSc1ncccc1Br)c1ccccc1. The Labute approximate surface area is 131 Å². The Morgan fingerprint density at radius 2 is 2.05 bits per heavy atom. The Morgan fingerprint density at radius 3 is 2.65 bits per heavy atom. The molecule has 2 aromatic rings. The largest absolute Gasteiger partial charge is 0.298 e. The Hall–Kier alpha value is -1.35. The predicted octanol–water partition coefficient (Wildman–Crippen LogP) is 3.57. The van der Waals surface area contributed by atoms with E-state index in [4.69, 9.17) is 0 Å². The molecule has 2 rings (SSSR count). The third-order valence-corrected chi connectivity index (χ3v) is 5.11. The summed E-state index contributed by atoms with van der Waals surface area (Å²) in [7, 11) is 1.81. The van der Waals surface area contributed by atoms with Crippen LogP contribution in [-0.2, 0) is 5.54 Å². The standard InChI is InChI=1S/C15H14BrN3S/c1-18-15(10-17,12-6-3-2-4-7-12)11-20-14-13(16)8-5-9-19-14/h2-9,18H,11H2,1H3. The molecule has 1 N–H and O–H groups in total. The normalized spacial score (nSPS) is 13.4. The molecule has 0 fully saturated rings. The van der Waals surface area contributed by atoms with Gasteiger partial charge in [-0.2, -0.15) is 5.26 Å². The summed E-state index contributed by atoms with van der Waals surface area (Å²) < 4.78 is 0.945. The Kier molecular flexibility index (Phi) is 5.18. The molecule has 1 aromatic heterocycles. The van der Waals surface area contributed by atoms with Crippen LogP contribution in [-0.4, -0.2) is 17.8 Å². The van der Waals surface area contributed by atoms with Gasteiger partial charge in [0.1, 0.15) is 10.6 Å². The van der Waals surface area contributed by atoms with Gasteiger partial charge in [0.2, 0.25) is 0 Å². The topological polar surface area (TPSA) is 48.7 Å². The second kappa shape index (κ2) is 6.89. The molecule has 3 nitrogen and oxygen atoms in total. The van der Waals surface area contributed by atoms with Gasteiger partial charge in [-0.05, 0) is 40.7 Å². The van der Waals surface area contributed by atoms with Crippen LogP contribution in [0.5, 0.6) is 0 Å². The molecule has 5 heteroatoms. The molecule has 1 aromatic carbocycles. The zero-order valence-corrected chi connectivity index (χ0v) is 13.4. The van der Waals surface area contributed by atoms with E-state index in [1.807, 2.05) is 49.5 Å². The third-order valence-electron chi connectivity index (χ3n) is 3.03. The summed E-state index contributed by atoms with van der Waals surface area (Å²) in [5.41, 5.74) is 0.243. The second-order valence-corrected chi connectivity index (χ2v) is 6.03. The van der Waals surface area contributed by atoms with E-state index >= 15 is 0 Å². The molecule has 102 valence electrons. The molecule has 0 aliphatic heterocycles. The molecule has 20 heavy (non-hydrogen) atoms. The van der Waals surface area contributed by atoms with E-state index in [9.17, 15) is 5.26 Å². The smallest absolute Gasteiger partial charge is 0.141 e. The number of halogens is 1.